The SMILES string of the molecule is CN(C)S(=O)(=O)N1CC[C@H](Cc2cccc(C(=O)O)c2)C1. The first-order chi connectivity index (χ1) is 9.80. The van der Waals surface area contributed by atoms with Crippen LogP contribution >= 0.6 is 0 Å². The first kappa shape index (κ1) is 15.9. The smallest absolute Gasteiger partial charge is 0.335 e. The highest BCUT2D eigenvalue weighted by atomic mass is 32.2. The monoisotopic (exact) mass is 312 g/mol. The van der Waals surface area contributed by atoms with E-state index >= 15 is 0 Å². The van der Waals surface area contributed by atoms with Crippen molar-refractivity contribution in [3.8, 4) is 0 Å². The molecule has 0 radical (unpaired) electrons. The Balaban J connectivity index is 2.03. The largest absolute Gasteiger partial charge is 0.478 e. The van der Waals surface area contributed by atoms with Gasteiger partial charge in [0.1, 0.15) is 0 Å². The Bertz CT molecular complexity index is 628. The van der Waals surface area contributed by atoms with Crippen molar-refractivity contribution in [3.05, 3.63) is 35.4 Å². The minimum Gasteiger partial charge on any atom is -0.478 e. The number of nitrogens with zero attached hydrogens (tertiary/aromatic N) is 2. The van der Waals surface area contributed by atoms with Gasteiger partial charge in [-0.1, -0.05) is 12.1 Å². The molecule has 1 aliphatic heterocycles. The van der Waals surface area contributed by atoms with Crippen LogP contribution < -0.4 is 0 Å². The molecule has 6 nitrogen and oxygen atoms in total. The van der Waals surface area contributed by atoms with Crippen molar-refractivity contribution in [3.63, 3.8) is 0 Å². The van der Waals surface area contributed by atoms with E-state index in [2.05, 4.69) is 0 Å². The molecule has 1 aromatic carbocycles. The second-order valence-corrected chi connectivity index (χ2v) is 7.65. The average molecular weight is 312 g/mol. The van der Waals surface area contributed by atoms with Gasteiger partial charge < -0.3 is 5.11 Å². The lowest BCUT2D eigenvalue weighted by Crippen LogP contribution is -2.38. The first-order valence-electron chi connectivity index (χ1n) is 6.80. The standard InChI is InChI=1S/C14H20N2O4S/c1-15(2)21(19,20)16-7-6-12(10-16)8-11-4-3-5-13(9-11)14(17)18/h3-5,9,12H,6-8,10H2,1-2H3,(H,17,18)/t12-/m1/s1. The van der Waals surface area contributed by atoms with E-state index in [-0.39, 0.29) is 11.5 Å². The summed E-state index contributed by atoms with van der Waals surface area (Å²) in [5.74, 6) is -0.719. The minimum absolute atomic E-state index is 0.226. The van der Waals surface area contributed by atoms with E-state index in [1.807, 2.05) is 6.07 Å². The van der Waals surface area contributed by atoms with Gasteiger partial charge >= 0.3 is 5.97 Å². The quantitative estimate of drug-likeness (QED) is 0.882. The predicted octanol–water partition coefficient (Wildman–Crippen LogP) is 1.06. The summed E-state index contributed by atoms with van der Waals surface area (Å²) < 4.78 is 26.8. The number of hydrogen-bond donors (Lipinski definition) is 1. The lowest BCUT2D eigenvalue weighted by molar-refractivity contribution is 0.0696. The maximum Gasteiger partial charge on any atom is 0.335 e. The fourth-order valence-electron chi connectivity index (χ4n) is 2.57. The Morgan fingerprint density at radius 3 is 2.76 bits per heavy atom. The van der Waals surface area contributed by atoms with Crippen molar-refractivity contribution >= 4 is 16.2 Å². The van der Waals surface area contributed by atoms with E-state index in [1.54, 1.807) is 18.2 Å². The fourth-order valence-corrected chi connectivity index (χ4v) is 3.77. The van der Waals surface area contributed by atoms with Crippen LogP contribution in [0.25, 0.3) is 0 Å². The maximum atomic E-state index is 12.0. The third-order valence-corrected chi connectivity index (χ3v) is 5.64. The van der Waals surface area contributed by atoms with E-state index in [0.29, 0.717) is 19.5 Å². The molecule has 1 aliphatic rings. The van der Waals surface area contributed by atoms with Gasteiger partial charge in [0.2, 0.25) is 0 Å². The van der Waals surface area contributed by atoms with Crippen LogP contribution in [0.3, 0.4) is 0 Å². The number of hydrogen-bond acceptors (Lipinski definition) is 3. The van der Waals surface area contributed by atoms with Gasteiger partial charge in [-0.25, -0.2) is 4.79 Å². The zero-order chi connectivity index (χ0) is 15.6. The Labute approximate surface area is 125 Å². The molecule has 0 saturated carbocycles. The molecule has 1 heterocycles. The van der Waals surface area contributed by atoms with Gasteiger partial charge in [-0.2, -0.15) is 17.0 Å². The summed E-state index contributed by atoms with van der Waals surface area (Å²) in [4.78, 5) is 11.0. The zero-order valence-electron chi connectivity index (χ0n) is 12.2. The van der Waals surface area contributed by atoms with Crippen molar-refractivity contribution in [1.29, 1.82) is 0 Å². The molecule has 7 heteroatoms. The van der Waals surface area contributed by atoms with Crippen LogP contribution in [-0.2, 0) is 16.6 Å². The molecule has 0 amide bonds. The van der Waals surface area contributed by atoms with E-state index in [0.717, 1.165) is 12.0 Å². The first-order valence-corrected chi connectivity index (χ1v) is 8.20. The third kappa shape index (κ3) is 3.61. The highest BCUT2D eigenvalue weighted by Gasteiger charge is 2.32. The summed E-state index contributed by atoms with van der Waals surface area (Å²) in [6.45, 7) is 1.00. The normalized spacial score (nSPS) is 20.0. The molecule has 0 aliphatic carbocycles. The molecule has 1 saturated heterocycles. The molecule has 1 N–H and O–H groups in total. The molecule has 0 aromatic heterocycles. The molecule has 116 valence electrons. The summed E-state index contributed by atoms with van der Waals surface area (Å²) >= 11 is 0. The van der Waals surface area contributed by atoms with Gasteiger partial charge in [0.05, 0.1) is 5.56 Å². The Morgan fingerprint density at radius 1 is 1.43 bits per heavy atom. The molecule has 2 rings (SSSR count). The summed E-state index contributed by atoms with van der Waals surface area (Å²) in [7, 11) is -0.297. The fraction of sp³-hybridized carbons (Fsp3) is 0.500. The lowest BCUT2D eigenvalue weighted by atomic mass is 9.97. The summed E-state index contributed by atoms with van der Waals surface area (Å²) in [5, 5.41) is 8.99. The van der Waals surface area contributed by atoms with E-state index in [1.165, 1.54) is 22.7 Å². The minimum atomic E-state index is -3.35. The second kappa shape index (κ2) is 6.13. The predicted molar refractivity (Wildman–Crippen MR) is 79.4 cm³/mol. The number of aromatic carboxylic acids is 1. The van der Waals surface area contributed by atoms with Gasteiger partial charge in [0.25, 0.3) is 10.2 Å². The molecule has 0 spiro atoms. The van der Waals surface area contributed by atoms with Crippen LogP contribution in [-0.4, -0.2) is 55.3 Å². The second-order valence-electron chi connectivity index (χ2n) is 5.51. The molecule has 0 unspecified atom stereocenters. The van der Waals surface area contributed by atoms with Crippen LogP contribution in [0.15, 0.2) is 24.3 Å². The number of carboxylic acids is 1. The van der Waals surface area contributed by atoms with Crippen LogP contribution in [0.4, 0.5) is 0 Å². The Hall–Kier alpha value is -1.44. The van der Waals surface area contributed by atoms with E-state index in [9.17, 15) is 13.2 Å². The maximum absolute atomic E-state index is 12.0. The Morgan fingerprint density at radius 2 is 2.14 bits per heavy atom. The highest BCUT2D eigenvalue weighted by Crippen LogP contribution is 2.24. The number of benzene rings is 1. The molecule has 1 fully saturated rings. The van der Waals surface area contributed by atoms with Crippen LogP contribution in [0.2, 0.25) is 0 Å². The van der Waals surface area contributed by atoms with Gasteiger partial charge in [0.15, 0.2) is 0 Å². The Kier molecular flexibility index (Phi) is 4.65. The third-order valence-electron chi connectivity index (χ3n) is 3.73. The van der Waals surface area contributed by atoms with Gasteiger partial charge in [-0.05, 0) is 36.5 Å². The molecule has 1 atom stereocenters. The van der Waals surface area contributed by atoms with Crippen molar-refractivity contribution < 1.29 is 18.3 Å². The van der Waals surface area contributed by atoms with Crippen molar-refractivity contribution in [1.82, 2.24) is 8.61 Å². The molecule has 1 aromatic rings. The molecular formula is C14H20N2O4S. The topological polar surface area (TPSA) is 77.9 Å². The van der Waals surface area contributed by atoms with Gasteiger partial charge in [-0.3, -0.25) is 0 Å². The number of carboxylic acid groups (broad SMARTS) is 1. The number of rotatable bonds is 5. The molecule has 0 bridgehead atoms. The van der Waals surface area contributed by atoms with Crippen LogP contribution in [0, 0.1) is 5.92 Å². The van der Waals surface area contributed by atoms with Crippen molar-refractivity contribution in [2.45, 2.75) is 12.8 Å². The van der Waals surface area contributed by atoms with Crippen LogP contribution in [0.5, 0.6) is 0 Å². The van der Waals surface area contributed by atoms with Crippen molar-refractivity contribution in [2.24, 2.45) is 5.92 Å². The summed E-state index contributed by atoms with van der Waals surface area (Å²) in [5.41, 5.74) is 1.20. The van der Waals surface area contributed by atoms with Gasteiger partial charge in [0, 0.05) is 27.2 Å². The summed E-state index contributed by atoms with van der Waals surface area (Å²) in [6, 6.07) is 6.83. The molecule has 21 heavy (non-hydrogen) atoms. The number of carbonyl (C=O) groups is 1. The average Bonchev–Trinajstić information content (AvgIpc) is 2.88. The van der Waals surface area contributed by atoms with Crippen molar-refractivity contribution in [2.75, 3.05) is 27.2 Å². The highest BCUT2D eigenvalue weighted by molar-refractivity contribution is 7.86. The van der Waals surface area contributed by atoms with E-state index in [4.69, 9.17) is 5.11 Å². The zero-order valence-corrected chi connectivity index (χ0v) is 13.0. The van der Waals surface area contributed by atoms with E-state index < -0.39 is 16.2 Å². The molecular weight excluding hydrogens is 292 g/mol. The van der Waals surface area contributed by atoms with Crippen LogP contribution in [0.1, 0.15) is 22.3 Å². The summed E-state index contributed by atoms with van der Waals surface area (Å²) in [6.07, 6.45) is 1.49. The van der Waals surface area contributed by atoms with Gasteiger partial charge in [-0.15, -0.1) is 0 Å². The lowest BCUT2D eigenvalue weighted by Gasteiger charge is -2.20.